The van der Waals surface area contributed by atoms with Crippen molar-refractivity contribution in [2.24, 2.45) is 10.8 Å². The number of ketones is 1. The summed E-state index contributed by atoms with van der Waals surface area (Å²) in [6, 6.07) is 4.27. The van der Waals surface area contributed by atoms with Gasteiger partial charge in [0.05, 0.1) is 0 Å². The fourth-order valence-electron chi connectivity index (χ4n) is 3.15. The van der Waals surface area contributed by atoms with Crippen molar-refractivity contribution >= 4 is 5.78 Å². The van der Waals surface area contributed by atoms with Crippen molar-refractivity contribution in [3.8, 4) is 0 Å². The normalized spacial score (nSPS) is 17.3. The number of fused-ring (bicyclic) bond motifs is 1. The lowest BCUT2D eigenvalue weighted by Crippen LogP contribution is -2.46. The third kappa shape index (κ3) is 3.08. The second-order valence-electron chi connectivity index (χ2n) is 7.37. The van der Waals surface area contributed by atoms with Gasteiger partial charge in [0.25, 0.3) is 0 Å². The van der Waals surface area contributed by atoms with Crippen molar-refractivity contribution < 1.29 is 4.79 Å². The van der Waals surface area contributed by atoms with Crippen molar-refractivity contribution in [3.63, 3.8) is 0 Å². The largest absolute Gasteiger partial charge is 0.349 e. The Labute approximate surface area is 116 Å². The van der Waals surface area contributed by atoms with Crippen LogP contribution in [0.3, 0.4) is 0 Å². The molecule has 0 amide bonds. The average molecular weight is 262 g/mol. The average Bonchev–Trinajstić information content (AvgIpc) is 2.73. The summed E-state index contributed by atoms with van der Waals surface area (Å²) >= 11 is 0. The SMILES string of the molecule is CC(C)(C)C(=O)C(C)(C)CN1CCn2cccc2C1. The summed E-state index contributed by atoms with van der Waals surface area (Å²) in [5.41, 5.74) is 0.803. The van der Waals surface area contributed by atoms with Gasteiger partial charge < -0.3 is 4.57 Å². The van der Waals surface area contributed by atoms with Gasteiger partial charge in [0.2, 0.25) is 0 Å². The van der Waals surface area contributed by atoms with Crippen LogP contribution in [-0.2, 0) is 17.9 Å². The van der Waals surface area contributed by atoms with Crippen LogP contribution >= 0.6 is 0 Å². The molecule has 0 saturated carbocycles. The predicted molar refractivity (Wildman–Crippen MR) is 78.0 cm³/mol. The maximum absolute atomic E-state index is 12.5. The van der Waals surface area contributed by atoms with Crippen LogP contribution in [0.4, 0.5) is 0 Å². The Morgan fingerprint density at radius 3 is 2.53 bits per heavy atom. The minimum atomic E-state index is -0.285. The Balaban J connectivity index is 2.04. The molecule has 1 aliphatic heterocycles. The highest BCUT2D eigenvalue weighted by Gasteiger charge is 2.37. The van der Waals surface area contributed by atoms with Gasteiger partial charge in [0.1, 0.15) is 5.78 Å². The van der Waals surface area contributed by atoms with Gasteiger partial charge in [0, 0.05) is 48.9 Å². The number of rotatable bonds is 3. The molecule has 3 heteroatoms. The van der Waals surface area contributed by atoms with Crippen LogP contribution < -0.4 is 0 Å². The third-order valence-corrected chi connectivity index (χ3v) is 3.88. The number of hydrogen-bond acceptors (Lipinski definition) is 2. The molecule has 3 nitrogen and oxygen atoms in total. The monoisotopic (exact) mass is 262 g/mol. The first kappa shape index (κ1) is 14.3. The van der Waals surface area contributed by atoms with Crippen LogP contribution in [0, 0.1) is 10.8 Å². The Morgan fingerprint density at radius 2 is 1.89 bits per heavy atom. The lowest BCUT2D eigenvalue weighted by Gasteiger charge is -2.37. The molecule has 0 fully saturated rings. The summed E-state index contributed by atoms with van der Waals surface area (Å²) in [6.45, 7) is 14.0. The van der Waals surface area contributed by atoms with Crippen LogP contribution in [0.2, 0.25) is 0 Å². The maximum atomic E-state index is 12.5. The fourth-order valence-corrected chi connectivity index (χ4v) is 3.15. The van der Waals surface area contributed by atoms with Gasteiger partial charge in [-0.3, -0.25) is 9.69 Å². The molecule has 2 heterocycles. The zero-order chi connectivity index (χ0) is 14.3. The zero-order valence-electron chi connectivity index (χ0n) is 12.9. The fraction of sp³-hybridized carbons (Fsp3) is 0.688. The predicted octanol–water partition coefficient (Wildman–Crippen LogP) is 2.95. The molecular formula is C16H26N2O. The summed E-state index contributed by atoms with van der Waals surface area (Å²) in [5, 5.41) is 0. The number of aromatic nitrogens is 1. The highest BCUT2D eigenvalue weighted by Crippen LogP contribution is 2.30. The maximum Gasteiger partial charge on any atom is 0.145 e. The van der Waals surface area contributed by atoms with Crippen LogP contribution in [0.5, 0.6) is 0 Å². The second kappa shape index (κ2) is 4.78. The van der Waals surface area contributed by atoms with E-state index in [1.165, 1.54) is 5.69 Å². The van der Waals surface area contributed by atoms with E-state index in [1.54, 1.807) is 0 Å². The van der Waals surface area contributed by atoms with Gasteiger partial charge >= 0.3 is 0 Å². The number of carbonyl (C=O) groups excluding carboxylic acids is 1. The first-order valence-corrected chi connectivity index (χ1v) is 7.11. The van der Waals surface area contributed by atoms with Crippen molar-refractivity contribution in [2.45, 2.75) is 47.7 Å². The molecular weight excluding hydrogens is 236 g/mol. The molecule has 106 valence electrons. The van der Waals surface area contributed by atoms with Gasteiger partial charge in [-0.05, 0) is 12.1 Å². The molecule has 1 aliphatic rings. The van der Waals surface area contributed by atoms with Crippen molar-refractivity contribution in [2.75, 3.05) is 13.1 Å². The molecule has 0 spiro atoms. The van der Waals surface area contributed by atoms with Gasteiger partial charge in [-0.1, -0.05) is 34.6 Å². The first-order valence-electron chi connectivity index (χ1n) is 7.11. The molecule has 0 unspecified atom stereocenters. The summed E-state index contributed by atoms with van der Waals surface area (Å²) in [6.07, 6.45) is 2.14. The number of hydrogen-bond donors (Lipinski definition) is 0. The van der Waals surface area contributed by atoms with E-state index in [0.717, 1.165) is 26.2 Å². The Morgan fingerprint density at radius 1 is 1.21 bits per heavy atom. The molecule has 0 atom stereocenters. The van der Waals surface area contributed by atoms with E-state index < -0.39 is 0 Å². The van der Waals surface area contributed by atoms with Gasteiger partial charge in [-0.25, -0.2) is 0 Å². The standard InChI is InChI=1S/C16H26N2O/c1-15(2,3)14(19)16(4,5)12-17-9-10-18-8-6-7-13(18)11-17/h6-8H,9-12H2,1-5H3. The van der Waals surface area contributed by atoms with E-state index in [9.17, 15) is 4.79 Å². The number of nitrogens with zero attached hydrogens (tertiary/aromatic N) is 2. The van der Waals surface area contributed by atoms with Crippen molar-refractivity contribution in [1.29, 1.82) is 0 Å². The second-order valence-corrected chi connectivity index (χ2v) is 7.37. The minimum absolute atomic E-state index is 0.264. The van der Waals surface area contributed by atoms with E-state index in [-0.39, 0.29) is 10.8 Å². The van der Waals surface area contributed by atoms with Crippen molar-refractivity contribution in [1.82, 2.24) is 9.47 Å². The van der Waals surface area contributed by atoms with Crippen molar-refractivity contribution in [3.05, 3.63) is 24.0 Å². The summed E-state index contributed by atoms with van der Waals surface area (Å²) < 4.78 is 2.30. The molecule has 1 aromatic rings. The highest BCUT2D eigenvalue weighted by atomic mass is 16.1. The van der Waals surface area contributed by atoms with Crippen LogP contribution in [-0.4, -0.2) is 28.3 Å². The summed E-state index contributed by atoms with van der Waals surface area (Å²) in [4.78, 5) is 14.9. The Hall–Kier alpha value is -1.09. The first-order chi connectivity index (χ1) is 8.70. The van der Waals surface area contributed by atoms with Crippen LogP contribution in [0.15, 0.2) is 18.3 Å². The number of carbonyl (C=O) groups is 1. The van der Waals surface area contributed by atoms with Gasteiger partial charge in [-0.15, -0.1) is 0 Å². The zero-order valence-corrected chi connectivity index (χ0v) is 12.9. The quantitative estimate of drug-likeness (QED) is 0.837. The van der Waals surface area contributed by atoms with Crippen LogP contribution in [0.25, 0.3) is 0 Å². The molecule has 0 aliphatic carbocycles. The highest BCUT2D eigenvalue weighted by molar-refractivity contribution is 5.88. The van der Waals surface area contributed by atoms with E-state index in [1.807, 2.05) is 20.8 Å². The lowest BCUT2D eigenvalue weighted by molar-refractivity contribution is -0.136. The van der Waals surface area contributed by atoms with E-state index in [2.05, 4.69) is 41.6 Å². The molecule has 0 aromatic carbocycles. The molecule has 0 saturated heterocycles. The molecule has 19 heavy (non-hydrogen) atoms. The van der Waals surface area contributed by atoms with E-state index >= 15 is 0 Å². The molecule has 1 aromatic heterocycles. The molecule has 0 N–H and O–H groups in total. The topological polar surface area (TPSA) is 25.2 Å². The van der Waals surface area contributed by atoms with Gasteiger partial charge in [0.15, 0.2) is 0 Å². The summed E-state index contributed by atoms with van der Waals surface area (Å²) in [5.74, 6) is 0.348. The Bertz CT molecular complexity index is 465. The van der Waals surface area contributed by atoms with Gasteiger partial charge in [-0.2, -0.15) is 0 Å². The van der Waals surface area contributed by atoms with E-state index in [0.29, 0.717) is 5.78 Å². The van der Waals surface area contributed by atoms with Crippen LogP contribution in [0.1, 0.15) is 40.3 Å². The lowest BCUT2D eigenvalue weighted by atomic mass is 9.74. The molecule has 0 bridgehead atoms. The molecule has 2 rings (SSSR count). The molecule has 0 radical (unpaired) electrons. The summed E-state index contributed by atoms with van der Waals surface area (Å²) in [7, 11) is 0. The smallest absolute Gasteiger partial charge is 0.145 e. The number of Topliss-reactive ketones (excluding diaryl/α,β-unsaturated/α-hetero) is 1. The third-order valence-electron chi connectivity index (χ3n) is 3.88. The minimum Gasteiger partial charge on any atom is -0.349 e. The van der Waals surface area contributed by atoms with E-state index in [4.69, 9.17) is 0 Å². The Kier molecular flexibility index (Phi) is 3.61.